The Labute approximate surface area is 214 Å². The van der Waals surface area contributed by atoms with Crippen molar-refractivity contribution in [1.82, 2.24) is 9.80 Å². The van der Waals surface area contributed by atoms with E-state index in [-0.39, 0.29) is 11.3 Å². The van der Waals surface area contributed by atoms with Gasteiger partial charge < -0.3 is 19.8 Å². The van der Waals surface area contributed by atoms with Crippen LogP contribution in [0.25, 0.3) is 5.76 Å². The Bertz CT molecular complexity index is 1020. The minimum atomic E-state index is -1.38. The summed E-state index contributed by atoms with van der Waals surface area (Å²) in [7, 11) is 1.57. The lowest BCUT2D eigenvalue weighted by atomic mass is 9.95. The fraction of sp³-hybridized carbons (Fsp3) is 0.483. The maximum absolute atomic E-state index is 13.5. The third-order valence-electron chi connectivity index (χ3n) is 6.75. The summed E-state index contributed by atoms with van der Waals surface area (Å²) < 4.78 is 18.9. The number of nitrogens with zero attached hydrogens (tertiary/aromatic N) is 2. The van der Waals surface area contributed by atoms with E-state index < -0.39 is 23.9 Å². The van der Waals surface area contributed by atoms with Crippen molar-refractivity contribution in [2.24, 2.45) is 0 Å². The number of carbonyl (C=O) groups is 1. The zero-order valence-electron chi connectivity index (χ0n) is 21.6. The Morgan fingerprint density at radius 3 is 2.28 bits per heavy atom. The van der Waals surface area contributed by atoms with Crippen LogP contribution < -0.4 is 4.74 Å². The third kappa shape index (κ3) is 6.72. The van der Waals surface area contributed by atoms with Crippen molar-refractivity contribution in [3.8, 4) is 5.75 Å². The Morgan fingerprint density at radius 2 is 1.67 bits per heavy atom. The molecule has 196 valence electrons. The van der Waals surface area contributed by atoms with Gasteiger partial charge in [0.15, 0.2) is 6.23 Å². The monoisotopic (exact) mass is 498 g/mol. The van der Waals surface area contributed by atoms with Crippen LogP contribution in [-0.4, -0.2) is 65.3 Å². The molecule has 2 atom stereocenters. The normalized spacial score (nSPS) is 19.8. The van der Waals surface area contributed by atoms with Gasteiger partial charge in [-0.1, -0.05) is 38.8 Å². The molecule has 1 heterocycles. The molecular weight excluding hydrogens is 459 g/mol. The Kier molecular flexibility index (Phi) is 10.5. The molecule has 1 fully saturated rings. The highest BCUT2D eigenvalue weighted by Gasteiger charge is 2.46. The van der Waals surface area contributed by atoms with E-state index in [4.69, 9.17) is 4.74 Å². The molecule has 2 aromatic carbocycles. The predicted octanol–water partition coefficient (Wildman–Crippen LogP) is 5.34. The highest BCUT2D eigenvalue weighted by molar-refractivity contribution is 6.07. The molecule has 2 aromatic rings. The minimum Gasteiger partial charge on any atom is -0.507 e. The van der Waals surface area contributed by atoms with Crippen LogP contribution >= 0.6 is 0 Å². The molecule has 0 saturated carbocycles. The number of carbonyl (C=O) groups excluding carboxylic acids is 1. The van der Waals surface area contributed by atoms with Gasteiger partial charge in [0.05, 0.1) is 18.7 Å². The summed E-state index contributed by atoms with van der Waals surface area (Å²) in [5.41, 5.74) is 1.17. The SMILES string of the molecule is CCCCN(CCCC)CCCN1[C@@H](O)C(=O)C(=C(O)c2ccc(F)cc2)[C@H]1c1cccc(OC)c1. The van der Waals surface area contributed by atoms with Gasteiger partial charge in [0, 0.05) is 12.1 Å². The van der Waals surface area contributed by atoms with Crippen molar-refractivity contribution in [3.63, 3.8) is 0 Å². The standard InChI is InChI=1S/C29H39FN2O4/c1-4-6-16-31(17-7-5-2)18-9-19-32-26(22-10-8-11-24(20-22)36-3)25(28(34)29(32)35)27(33)21-12-14-23(30)15-13-21/h8,10-15,20,26,29,33,35H,4-7,9,16-19H2,1-3H3/t26-,29+/m1/s1. The zero-order valence-corrected chi connectivity index (χ0v) is 21.6. The number of hydrogen-bond donors (Lipinski definition) is 2. The van der Waals surface area contributed by atoms with Crippen LogP contribution in [-0.2, 0) is 4.79 Å². The first-order valence-electron chi connectivity index (χ1n) is 12.9. The van der Waals surface area contributed by atoms with Crippen molar-refractivity contribution in [2.75, 3.05) is 33.3 Å². The van der Waals surface area contributed by atoms with Crippen LogP contribution in [0.3, 0.4) is 0 Å². The van der Waals surface area contributed by atoms with E-state index in [1.807, 2.05) is 24.3 Å². The number of aliphatic hydroxyl groups is 2. The second kappa shape index (κ2) is 13.5. The molecule has 1 aliphatic heterocycles. The van der Waals surface area contributed by atoms with Gasteiger partial charge in [-0.3, -0.25) is 9.69 Å². The Balaban J connectivity index is 1.92. The van der Waals surface area contributed by atoms with Crippen LogP contribution in [0.1, 0.15) is 63.1 Å². The van der Waals surface area contributed by atoms with E-state index in [2.05, 4.69) is 18.7 Å². The summed E-state index contributed by atoms with van der Waals surface area (Å²) in [5, 5.41) is 22.1. The summed E-state index contributed by atoms with van der Waals surface area (Å²) >= 11 is 0. The number of benzene rings is 2. The second-order valence-electron chi connectivity index (χ2n) is 9.33. The van der Waals surface area contributed by atoms with Gasteiger partial charge in [0.25, 0.3) is 0 Å². The quantitative estimate of drug-likeness (QED) is 0.287. The maximum Gasteiger partial charge on any atom is 0.208 e. The average Bonchev–Trinajstić information content (AvgIpc) is 3.15. The summed E-state index contributed by atoms with van der Waals surface area (Å²) in [6.45, 7) is 7.78. The van der Waals surface area contributed by atoms with Gasteiger partial charge in [-0.2, -0.15) is 0 Å². The smallest absolute Gasteiger partial charge is 0.208 e. The van der Waals surface area contributed by atoms with Crippen LogP contribution in [0.2, 0.25) is 0 Å². The molecule has 0 aromatic heterocycles. The zero-order chi connectivity index (χ0) is 26.1. The molecule has 0 radical (unpaired) electrons. The molecule has 3 rings (SSSR count). The van der Waals surface area contributed by atoms with E-state index >= 15 is 0 Å². The average molecular weight is 499 g/mol. The van der Waals surface area contributed by atoms with E-state index in [9.17, 15) is 19.4 Å². The van der Waals surface area contributed by atoms with Crippen LogP contribution in [0.15, 0.2) is 54.1 Å². The van der Waals surface area contributed by atoms with Gasteiger partial charge in [0.1, 0.15) is 17.3 Å². The molecule has 0 unspecified atom stereocenters. The summed E-state index contributed by atoms with van der Waals surface area (Å²) in [6, 6.07) is 12.0. The number of hydrogen-bond acceptors (Lipinski definition) is 6. The van der Waals surface area contributed by atoms with Gasteiger partial charge in [-0.15, -0.1) is 0 Å². The van der Waals surface area contributed by atoms with E-state index in [0.717, 1.165) is 57.3 Å². The number of rotatable bonds is 13. The molecular formula is C29H39FN2O4. The first-order valence-corrected chi connectivity index (χ1v) is 12.9. The number of methoxy groups -OCH3 is 1. The van der Waals surface area contributed by atoms with Crippen molar-refractivity contribution in [2.45, 2.75) is 58.2 Å². The fourth-order valence-corrected chi connectivity index (χ4v) is 4.74. The van der Waals surface area contributed by atoms with Gasteiger partial charge in [0.2, 0.25) is 5.78 Å². The van der Waals surface area contributed by atoms with Crippen molar-refractivity contribution in [1.29, 1.82) is 0 Å². The summed E-state index contributed by atoms with van der Waals surface area (Å²) in [6.07, 6.45) is 3.94. The third-order valence-corrected chi connectivity index (χ3v) is 6.75. The van der Waals surface area contributed by atoms with Crippen molar-refractivity contribution in [3.05, 3.63) is 71.0 Å². The van der Waals surface area contributed by atoms with E-state index in [0.29, 0.717) is 17.9 Å². The molecule has 1 saturated heterocycles. The Morgan fingerprint density at radius 1 is 1.03 bits per heavy atom. The second-order valence-corrected chi connectivity index (χ2v) is 9.33. The number of ketones is 1. The molecule has 0 amide bonds. The van der Waals surface area contributed by atoms with E-state index in [1.165, 1.54) is 24.3 Å². The lowest BCUT2D eigenvalue weighted by molar-refractivity contribution is -0.127. The lowest BCUT2D eigenvalue weighted by Crippen LogP contribution is -2.37. The number of likely N-dealkylation sites (tertiary alicyclic amines) is 1. The topological polar surface area (TPSA) is 73.2 Å². The number of ether oxygens (including phenoxy) is 1. The first-order chi connectivity index (χ1) is 17.4. The van der Waals surface area contributed by atoms with Gasteiger partial charge in [-0.25, -0.2) is 4.39 Å². The van der Waals surface area contributed by atoms with Crippen molar-refractivity contribution >= 4 is 11.5 Å². The van der Waals surface area contributed by atoms with Crippen molar-refractivity contribution < 1.29 is 24.1 Å². The molecule has 0 spiro atoms. The Hall–Kier alpha value is -2.74. The lowest BCUT2D eigenvalue weighted by Gasteiger charge is -2.29. The van der Waals surface area contributed by atoms with Gasteiger partial charge in [-0.05, 0) is 80.9 Å². The molecule has 1 aliphatic rings. The molecule has 6 nitrogen and oxygen atoms in total. The molecule has 7 heteroatoms. The highest BCUT2D eigenvalue weighted by Crippen LogP contribution is 2.41. The minimum absolute atomic E-state index is 0.108. The van der Waals surface area contributed by atoms with E-state index in [1.54, 1.807) is 12.0 Å². The molecule has 36 heavy (non-hydrogen) atoms. The number of halogens is 1. The predicted molar refractivity (Wildman–Crippen MR) is 140 cm³/mol. The van der Waals surface area contributed by atoms with Crippen LogP contribution in [0.5, 0.6) is 5.75 Å². The largest absolute Gasteiger partial charge is 0.507 e. The number of unbranched alkanes of at least 4 members (excludes halogenated alkanes) is 2. The first kappa shape index (κ1) is 27.8. The van der Waals surface area contributed by atoms with Gasteiger partial charge >= 0.3 is 0 Å². The highest BCUT2D eigenvalue weighted by atomic mass is 19.1. The fourth-order valence-electron chi connectivity index (χ4n) is 4.74. The molecule has 0 aliphatic carbocycles. The molecule has 2 N–H and O–H groups in total. The van der Waals surface area contributed by atoms with Crippen LogP contribution in [0, 0.1) is 5.82 Å². The molecule has 0 bridgehead atoms. The summed E-state index contributed by atoms with van der Waals surface area (Å²) in [4.78, 5) is 17.5. The summed E-state index contributed by atoms with van der Waals surface area (Å²) in [5.74, 6) is -0.608. The number of aliphatic hydroxyl groups excluding tert-OH is 2. The van der Waals surface area contributed by atoms with Crippen LogP contribution in [0.4, 0.5) is 4.39 Å². The maximum atomic E-state index is 13.5. The number of Topliss-reactive ketones (excluding diaryl/α,β-unsaturated/α-hetero) is 1.